The number of carbonyl (C=O) groups is 2. The van der Waals surface area contributed by atoms with Gasteiger partial charge < -0.3 is 14.1 Å². The summed E-state index contributed by atoms with van der Waals surface area (Å²) in [6.45, 7) is 1.13. The van der Waals surface area contributed by atoms with Crippen molar-refractivity contribution in [3.63, 3.8) is 0 Å². The third-order valence-corrected chi connectivity index (χ3v) is 5.74. The highest BCUT2D eigenvalue weighted by molar-refractivity contribution is 8.15. The minimum Gasteiger partial charge on any atom is -0.492 e. The molecule has 3 aromatic rings. The molecular formula is C21H21N3O4S. The molecule has 1 atom stereocenters. The van der Waals surface area contributed by atoms with Gasteiger partial charge in [-0.25, -0.2) is 0 Å². The number of hydrogen-bond acceptors (Lipinski definition) is 7. The van der Waals surface area contributed by atoms with Crippen LogP contribution >= 0.6 is 11.8 Å². The Hall–Kier alpha value is -3.00. The summed E-state index contributed by atoms with van der Waals surface area (Å²) in [5.41, 5.74) is 2.71. The third-order valence-electron chi connectivity index (χ3n) is 4.69. The van der Waals surface area contributed by atoms with Crippen LogP contribution in [-0.2, 0) is 11.2 Å². The van der Waals surface area contributed by atoms with Gasteiger partial charge in [0, 0.05) is 7.05 Å². The van der Waals surface area contributed by atoms with Gasteiger partial charge in [-0.15, -0.1) is 0 Å². The van der Waals surface area contributed by atoms with Crippen LogP contribution in [0.5, 0.6) is 5.75 Å². The van der Waals surface area contributed by atoms with Gasteiger partial charge in [0.1, 0.15) is 17.9 Å². The third kappa shape index (κ3) is 4.71. The predicted octanol–water partition coefficient (Wildman–Crippen LogP) is 3.63. The van der Waals surface area contributed by atoms with E-state index in [0.29, 0.717) is 25.6 Å². The van der Waals surface area contributed by atoms with Crippen molar-refractivity contribution < 1.29 is 18.7 Å². The molecule has 1 unspecified atom stereocenters. The minimum atomic E-state index is -0.291. The molecule has 0 spiro atoms. The average Bonchev–Trinajstić information content (AvgIpc) is 3.29. The molecule has 150 valence electrons. The number of nitrogens with one attached hydrogen (secondary N) is 1. The molecule has 0 radical (unpaired) electrons. The monoisotopic (exact) mass is 411 g/mol. The quantitative estimate of drug-likeness (QED) is 0.606. The number of nitrogens with zero attached hydrogens (tertiary/aromatic N) is 2. The summed E-state index contributed by atoms with van der Waals surface area (Å²) < 4.78 is 11.6. The predicted molar refractivity (Wildman–Crippen MR) is 112 cm³/mol. The van der Waals surface area contributed by atoms with Crippen LogP contribution in [0.25, 0.3) is 11.1 Å². The SMILES string of the molecule is CN(CCOc1ccc(CCC2SC(=O)NC2=O)cc1)c1nc2ccccc2o1. The van der Waals surface area contributed by atoms with Gasteiger partial charge in [0.05, 0.1) is 11.8 Å². The van der Waals surface area contributed by atoms with Crippen molar-refractivity contribution in [3.8, 4) is 5.75 Å². The first-order valence-electron chi connectivity index (χ1n) is 9.38. The fourth-order valence-corrected chi connectivity index (χ4v) is 3.87. The zero-order valence-electron chi connectivity index (χ0n) is 16.0. The standard InChI is InChI=1S/C21H21N3O4S/c1-24(20-22-16-4-2-3-5-17(16)28-20)12-13-27-15-9-6-14(7-10-15)8-11-18-19(25)23-21(26)29-18/h2-7,9-10,18H,8,11-13H2,1H3,(H,23,25,26). The minimum absolute atomic E-state index is 0.192. The van der Waals surface area contributed by atoms with E-state index in [1.165, 1.54) is 0 Å². The van der Waals surface area contributed by atoms with E-state index in [1.54, 1.807) is 0 Å². The number of ether oxygens (including phenoxy) is 1. The lowest BCUT2D eigenvalue weighted by molar-refractivity contribution is -0.119. The number of aromatic nitrogens is 1. The maximum atomic E-state index is 11.6. The smallest absolute Gasteiger partial charge is 0.298 e. The zero-order valence-corrected chi connectivity index (χ0v) is 16.8. The van der Waals surface area contributed by atoms with Crippen molar-refractivity contribution in [3.05, 3.63) is 54.1 Å². The fraction of sp³-hybridized carbons (Fsp3) is 0.286. The van der Waals surface area contributed by atoms with E-state index in [0.717, 1.165) is 40.6 Å². The second kappa shape index (κ2) is 8.57. The molecule has 8 heteroatoms. The Balaban J connectivity index is 1.23. The Bertz CT molecular complexity index is 985. The molecule has 1 N–H and O–H groups in total. The first kappa shape index (κ1) is 19.3. The van der Waals surface area contributed by atoms with Gasteiger partial charge in [-0.05, 0) is 42.7 Å². The molecule has 2 heterocycles. The number of para-hydroxylation sites is 2. The van der Waals surface area contributed by atoms with Crippen LogP contribution < -0.4 is 15.0 Å². The van der Waals surface area contributed by atoms with Crippen molar-refractivity contribution in [2.45, 2.75) is 18.1 Å². The molecule has 1 aliphatic heterocycles. The molecular weight excluding hydrogens is 390 g/mol. The van der Waals surface area contributed by atoms with E-state index in [-0.39, 0.29) is 16.4 Å². The number of rotatable bonds is 8. The van der Waals surface area contributed by atoms with Crippen LogP contribution in [0.15, 0.2) is 52.9 Å². The maximum Gasteiger partial charge on any atom is 0.298 e. The summed E-state index contributed by atoms with van der Waals surface area (Å²) in [6, 6.07) is 16.0. The molecule has 1 aromatic heterocycles. The van der Waals surface area contributed by atoms with Gasteiger partial charge in [0.15, 0.2) is 5.58 Å². The Morgan fingerprint density at radius 2 is 1.97 bits per heavy atom. The summed E-state index contributed by atoms with van der Waals surface area (Å²) in [4.78, 5) is 29.2. The van der Waals surface area contributed by atoms with Crippen molar-refractivity contribution in [1.29, 1.82) is 0 Å². The average molecular weight is 411 g/mol. The molecule has 2 amide bonds. The van der Waals surface area contributed by atoms with Crippen LogP contribution in [0.2, 0.25) is 0 Å². The van der Waals surface area contributed by atoms with Crippen LogP contribution in [0, 0.1) is 0 Å². The number of imide groups is 1. The van der Waals surface area contributed by atoms with Crippen molar-refractivity contribution in [2.24, 2.45) is 0 Å². The number of aryl methyl sites for hydroxylation is 1. The lowest BCUT2D eigenvalue weighted by Gasteiger charge is -2.15. The molecule has 1 aliphatic rings. The number of hydrogen-bond donors (Lipinski definition) is 1. The largest absolute Gasteiger partial charge is 0.492 e. The maximum absolute atomic E-state index is 11.6. The molecule has 0 saturated carbocycles. The number of amides is 2. The van der Waals surface area contributed by atoms with Crippen LogP contribution in [0.1, 0.15) is 12.0 Å². The van der Waals surface area contributed by atoms with Gasteiger partial charge in [-0.2, -0.15) is 4.98 Å². The Kier molecular flexibility index (Phi) is 5.71. The highest BCUT2D eigenvalue weighted by atomic mass is 32.2. The first-order chi connectivity index (χ1) is 14.1. The summed E-state index contributed by atoms with van der Waals surface area (Å²) in [5.74, 6) is 0.589. The second-order valence-electron chi connectivity index (χ2n) is 6.80. The highest BCUT2D eigenvalue weighted by Crippen LogP contribution is 2.24. The number of carbonyl (C=O) groups excluding carboxylic acids is 2. The van der Waals surface area contributed by atoms with Crippen LogP contribution in [0.4, 0.5) is 10.8 Å². The summed E-state index contributed by atoms with van der Waals surface area (Å²) in [7, 11) is 1.92. The molecule has 4 rings (SSSR count). The molecule has 0 bridgehead atoms. The van der Waals surface area contributed by atoms with Gasteiger partial charge in [-0.1, -0.05) is 36.0 Å². The van der Waals surface area contributed by atoms with E-state index in [1.807, 2.05) is 60.5 Å². The van der Waals surface area contributed by atoms with Crippen molar-refractivity contribution in [1.82, 2.24) is 10.3 Å². The molecule has 0 aliphatic carbocycles. The first-order valence-corrected chi connectivity index (χ1v) is 10.3. The lowest BCUT2D eigenvalue weighted by atomic mass is 10.1. The van der Waals surface area contributed by atoms with E-state index in [9.17, 15) is 9.59 Å². The van der Waals surface area contributed by atoms with Crippen molar-refractivity contribution in [2.75, 3.05) is 25.1 Å². The molecule has 1 saturated heterocycles. The van der Waals surface area contributed by atoms with Gasteiger partial charge in [0.25, 0.3) is 11.3 Å². The number of benzene rings is 2. The Morgan fingerprint density at radius 1 is 1.17 bits per heavy atom. The molecule has 1 fully saturated rings. The van der Waals surface area contributed by atoms with Gasteiger partial charge >= 0.3 is 0 Å². The van der Waals surface area contributed by atoms with Gasteiger partial charge in [-0.3, -0.25) is 14.9 Å². The number of oxazole rings is 1. The Labute approximate surface area is 172 Å². The molecule has 7 nitrogen and oxygen atoms in total. The normalized spacial score (nSPS) is 16.2. The fourth-order valence-electron chi connectivity index (χ4n) is 3.05. The summed E-state index contributed by atoms with van der Waals surface area (Å²) >= 11 is 1.07. The number of anilines is 1. The topological polar surface area (TPSA) is 84.7 Å². The van der Waals surface area contributed by atoms with E-state index in [2.05, 4.69) is 10.3 Å². The molecule has 29 heavy (non-hydrogen) atoms. The number of thioether (sulfide) groups is 1. The van der Waals surface area contributed by atoms with Gasteiger partial charge in [0.2, 0.25) is 5.91 Å². The second-order valence-corrected chi connectivity index (χ2v) is 7.98. The van der Waals surface area contributed by atoms with E-state index < -0.39 is 0 Å². The number of fused-ring (bicyclic) bond motifs is 1. The zero-order chi connectivity index (χ0) is 20.2. The van der Waals surface area contributed by atoms with Crippen molar-refractivity contribution >= 4 is 40.0 Å². The summed E-state index contributed by atoms with van der Waals surface area (Å²) in [5, 5.41) is 1.76. The van der Waals surface area contributed by atoms with E-state index in [4.69, 9.17) is 9.15 Å². The molecule has 2 aromatic carbocycles. The lowest BCUT2D eigenvalue weighted by Crippen LogP contribution is -2.24. The summed E-state index contributed by atoms with van der Waals surface area (Å²) in [6.07, 6.45) is 1.37. The van der Waals surface area contributed by atoms with Crippen LogP contribution in [-0.4, -0.2) is 41.6 Å². The van der Waals surface area contributed by atoms with Crippen LogP contribution in [0.3, 0.4) is 0 Å². The van der Waals surface area contributed by atoms with E-state index >= 15 is 0 Å². The highest BCUT2D eigenvalue weighted by Gasteiger charge is 2.30. The number of likely N-dealkylation sites (N-methyl/N-ethyl adjacent to an activating group) is 1. The Morgan fingerprint density at radius 3 is 2.69 bits per heavy atom.